The lowest BCUT2D eigenvalue weighted by Gasteiger charge is -2.49. The number of carboxylic acids is 1. The number of nitrogen functional groups attached to an aromatic ring is 1. The highest BCUT2D eigenvalue weighted by atomic mass is 35.5. The van der Waals surface area contributed by atoms with Gasteiger partial charge in [-0.2, -0.15) is 5.26 Å². The summed E-state index contributed by atoms with van der Waals surface area (Å²) in [6, 6.07) is 0.850. The van der Waals surface area contributed by atoms with Crippen molar-refractivity contribution in [2.24, 2.45) is 7.05 Å². The van der Waals surface area contributed by atoms with E-state index in [1.165, 1.54) is 38.5 Å². The quantitative estimate of drug-likeness (QED) is 0.185. The molecular weight excluding hydrogens is 526 g/mol. The number of carbonyl (C=O) groups excluding carboxylic acids is 2. The minimum absolute atomic E-state index is 0. The molecule has 0 radical (unpaired) electrons. The van der Waals surface area contributed by atoms with Gasteiger partial charge in [0.05, 0.1) is 17.3 Å². The standard InChI is InChI=1S/C17H15N9O4S3.ClH/c1-25-17(22-23-24-25)33-5-7-4-31-14-10(13(28)26(14)11(7)15(29)30)21-12(27)8(2-3-18)9-6-32-16(19)20-9;/h2,6,10,14H,4-5H2,1H3,(H2,19,20)(H,21,27)(H,29,30);1H/t10?,14-;/m0./s1. The summed E-state index contributed by atoms with van der Waals surface area (Å²) >= 11 is 3.71. The molecule has 0 bridgehead atoms. The second-order valence-electron chi connectivity index (χ2n) is 6.75. The second kappa shape index (κ2) is 10.4. The molecule has 178 valence electrons. The predicted octanol–water partition coefficient (Wildman–Crippen LogP) is 0.108. The first-order valence-corrected chi connectivity index (χ1v) is 12.1. The topological polar surface area (TPSA) is 193 Å². The van der Waals surface area contributed by atoms with Crippen LogP contribution < -0.4 is 11.1 Å². The van der Waals surface area contributed by atoms with Crippen molar-refractivity contribution in [3.05, 3.63) is 28.4 Å². The number of aliphatic carboxylic acids is 1. The average molecular weight is 542 g/mol. The van der Waals surface area contributed by atoms with Crippen molar-refractivity contribution >= 4 is 75.8 Å². The first-order valence-electron chi connectivity index (χ1n) is 9.19. The third kappa shape index (κ3) is 4.73. The highest BCUT2D eigenvalue weighted by Crippen LogP contribution is 2.41. The molecule has 13 nitrogen and oxygen atoms in total. The fourth-order valence-corrected chi connectivity index (χ4v) is 6.14. The fourth-order valence-electron chi connectivity index (χ4n) is 3.24. The number of anilines is 1. The van der Waals surface area contributed by atoms with E-state index in [0.29, 0.717) is 16.5 Å². The number of aromatic nitrogens is 5. The number of amides is 2. The number of nitriles is 1. The number of carboxylic acid groups (broad SMARTS) is 1. The van der Waals surface area contributed by atoms with Crippen molar-refractivity contribution in [3.8, 4) is 6.07 Å². The molecule has 2 aliphatic heterocycles. The van der Waals surface area contributed by atoms with Crippen molar-refractivity contribution in [2.45, 2.75) is 16.6 Å². The number of aryl methyl sites for hydroxylation is 1. The number of nitrogens with two attached hydrogens (primary N) is 1. The number of allylic oxidation sites excluding steroid dienone is 1. The van der Waals surface area contributed by atoms with E-state index >= 15 is 0 Å². The van der Waals surface area contributed by atoms with Gasteiger partial charge in [-0.1, -0.05) is 11.8 Å². The summed E-state index contributed by atoms with van der Waals surface area (Å²) < 4.78 is 1.47. The smallest absolute Gasteiger partial charge is 0.352 e. The van der Waals surface area contributed by atoms with Crippen LogP contribution in [0.1, 0.15) is 5.69 Å². The molecule has 4 N–H and O–H groups in total. The van der Waals surface area contributed by atoms with Crippen molar-refractivity contribution in [1.29, 1.82) is 5.26 Å². The molecule has 4 rings (SSSR count). The van der Waals surface area contributed by atoms with Gasteiger partial charge in [0.2, 0.25) is 5.16 Å². The van der Waals surface area contributed by atoms with E-state index < -0.39 is 29.2 Å². The Balaban J connectivity index is 0.00000324. The molecular formula is C17H16ClN9O4S3. The number of nitrogens with zero attached hydrogens (tertiary/aromatic N) is 7. The molecule has 0 spiro atoms. The Bertz CT molecular complexity index is 1250. The Morgan fingerprint density at radius 1 is 1.50 bits per heavy atom. The zero-order valence-electron chi connectivity index (χ0n) is 17.2. The van der Waals surface area contributed by atoms with Gasteiger partial charge in [0.25, 0.3) is 11.8 Å². The molecule has 2 atom stereocenters. The van der Waals surface area contributed by atoms with Crippen molar-refractivity contribution in [1.82, 2.24) is 35.4 Å². The molecule has 1 saturated heterocycles. The van der Waals surface area contributed by atoms with E-state index in [4.69, 9.17) is 11.0 Å². The molecule has 0 saturated carbocycles. The van der Waals surface area contributed by atoms with Crippen LogP contribution in [-0.2, 0) is 21.4 Å². The highest BCUT2D eigenvalue weighted by Gasteiger charge is 2.54. The number of rotatable bonds is 7. The zero-order chi connectivity index (χ0) is 23.7. The van der Waals surface area contributed by atoms with E-state index in [-0.39, 0.29) is 40.3 Å². The molecule has 34 heavy (non-hydrogen) atoms. The molecule has 2 amide bonds. The van der Waals surface area contributed by atoms with Crippen LogP contribution in [0, 0.1) is 11.3 Å². The second-order valence-corrected chi connectivity index (χ2v) is 9.69. The maximum atomic E-state index is 12.8. The Kier molecular flexibility index (Phi) is 7.82. The van der Waals surface area contributed by atoms with Gasteiger partial charge in [0.15, 0.2) is 5.13 Å². The summed E-state index contributed by atoms with van der Waals surface area (Å²) in [5, 5.41) is 34.2. The van der Waals surface area contributed by atoms with Gasteiger partial charge in [-0.15, -0.1) is 40.6 Å². The number of halogens is 1. The van der Waals surface area contributed by atoms with E-state index in [2.05, 4.69) is 25.8 Å². The van der Waals surface area contributed by atoms with Crippen LogP contribution in [-0.4, -0.2) is 75.9 Å². The molecule has 2 aliphatic rings. The minimum atomic E-state index is -1.23. The molecule has 2 aromatic rings. The highest BCUT2D eigenvalue weighted by molar-refractivity contribution is 8.01. The Labute approximate surface area is 210 Å². The number of thiazole rings is 1. The van der Waals surface area contributed by atoms with Crippen molar-refractivity contribution < 1.29 is 19.5 Å². The molecule has 2 aromatic heterocycles. The number of hydrogen-bond acceptors (Lipinski definition) is 12. The van der Waals surface area contributed by atoms with E-state index in [1.807, 2.05) is 0 Å². The van der Waals surface area contributed by atoms with Gasteiger partial charge < -0.3 is 16.2 Å². The van der Waals surface area contributed by atoms with E-state index in [9.17, 15) is 19.5 Å². The van der Waals surface area contributed by atoms with Crippen molar-refractivity contribution in [3.63, 3.8) is 0 Å². The van der Waals surface area contributed by atoms with Gasteiger partial charge in [-0.05, 0) is 16.0 Å². The normalized spacial score (nSPS) is 19.6. The van der Waals surface area contributed by atoms with Gasteiger partial charge in [-0.25, -0.2) is 14.5 Å². The minimum Gasteiger partial charge on any atom is -0.477 e. The number of β-lactam (4-membered cyclic amide) rings is 1. The molecule has 1 fully saturated rings. The lowest BCUT2D eigenvalue weighted by molar-refractivity contribution is -0.150. The number of thioether (sulfide) groups is 2. The largest absolute Gasteiger partial charge is 0.477 e. The Morgan fingerprint density at radius 3 is 2.85 bits per heavy atom. The summed E-state index contributed by atoms with van der Waals surface area (Å²) in [7, 11) is 1.67. The third-order valence-corrected chi connectivity index (χ3v) is 7.85. The summed E-state index contributed by atoms with van der Waals surface area (Å²) in [6.45, 7) is 0. The first-order chi connectivity index (χ1) is 15.8. The summed E-state index contributed by atoms with van der Waals surface area (Å²) in [4.78, 5) is 42.8. The summed E-state index contributed by atoms with van der Waals surface area (Å²) in [5.41, 5.74) is 6.26. The van der Waals surface area contributed by atoms with Crippen LogP contribution in [0.25, 0.3) is 5.57 Å². The van der Waals surface area contributed by atoms with Gasteiger partial charge >= 0.3 is 5.97 Å². The van der Waals surface area contributed by atoms with Crippen LogP contribution >= 0.6 is 47.3 Å². The van der Waals surface area contributed by atoms with Crippen molar-refractivity contribution in [2.75, 3.05) is 17.2 Å². The van der Waals surface area contributed by atoms with Gasteiger partial charge in [0, 0.05) is 30.0 Å². The number of hydrogen-bond donors (Lipinski definition) is 3. The van der Waals surface area contributed by atoms with E-state index in [1.54, 1.807) is 13.1 Å². The first kappa shape index (κ1) is 25.5. The van der Waals surface area contributed by atoms with E-state index in [0.717, 1.165) is 17.4 Å². The lowest BCUT2D eigenvalue weighted by atomic mass is 10.0. The Morgan fingerprint density at radius 2 is 2.26 bits per heavy atom. The maximum Gasteiger partial charge on any atom is 0.352 e. The summed E-state index contributed by atoms with van der Waals surface area (Å²) in [6.07, 6.45) is 1.03. The van der Waals surface area contributed by atoms with Crippen LogP contribution in [0.4, 0.5) is 5.13 Å². The number of tetrazole rings is 1. The predicted molar refractivity (Wildman–Crippen MR) is 127 cm³/mol. The molecule has 0 aliphatic carbocycles. The molecule has 17 heteroatoms. The average Bonchev–Trinajstić information content (AvgIpc) is 3.40. The van der Waals surface area contributed by atoms with Crippen LogP contribution in [0.2, 0.25) is 0 Å². The van der Waals surface area contributed by atoms with Crippen LogP contribution in [0.3, 0.4) is 0 Å². The fraction of sp³-hybridized carbons (Fsp3) is 0.294. The monoisotopic (exact) mass is 541 g/mol. The number of carbonyl (C=O) groups is 3. The molecule has 1 unspecified atom stereocenters. The molecule has 4 heterocycles. The maximum absolute atomic E-state index is 12.8. The zero-order valence-corrected chi connectivity index (χ0v) is 20.5. The SMILES string of the molecule is Cl.Cn1nnnc1SCC1=C(C(=O)O)N2C(=O)C(NC(=O)C(=CC#N)c3csc(N)n3)[C@@H]2SC1. The van der Waals surface area contributed by atoms with Gasteiger partial charge in [-0.3, -0.25) is 14.5 Å². The molecule has 0 aromatic carbocycles. The van der Waals surface area contributed by atoms with Gasteiger partial charge in [0.1, 0.15) is 17.1 Å². The Hall–Kier alpha value is -3.13. The lowest BCUT2D eigenvalue weighted by Crippen LogP contribution is -2.70. The summed E-state index contributed by atoms with van der Waals surface area (Å²) in [5.74, 6) is -1.80. The number of fused-ring (bicyclic) bond motifs is 1. The van der Waals surface area contributed by atoms with Crippen LogP contribution in [0.5, 0.6) is 0 Å². The third-order valence-electron chi connectivity index (χ3n) is 4.74. The number of nitrogens with one attached hydrogen (secondary N) is 1. The van der Waals surface area contributed by atoms with Crippen LogP contribution in [0.15, 0.2) is 27.9 Å².